The third-order valence-electron chi connectivity index (χ3n) is 5.04. The molecule has 0 heterocycles. The molecule has 5 heteroatoms. The average Bonchev–Trinajstić information content (AvgIpc) is 2.81. The molecule has 0 atom stereocenters. The first-order valence-corrected chi connectivity index (χ1v) is 10.0. The lowest BCUT2D eigenvalue weighted by molar-refractivity contribution is -0.119. The summed E-state index contributed by atoms with van der Waals surface area (Å²) in [4.78, 5) is 12.8. The van der Waals surface area contributed by atoms with Crippen LogP contribution in [0.3, 0.4) is 0 Å². The molecule has 3 aromatic carbocycles. The Morgan fingerprint density at radius 1 is 0.833 bits per heavy atom. The molecule has 0 aliphatic heterocycles. The van der Waals surface area contributed by atoms with Crippen molar-refractivity contribution in [3.63, 3.8) is 0 Å². The van der Waals surface area contributed by atoms with Crippen LogP contribution < -0.4 is 20.1 Å². The summed E-state index contributed by atoms with van der Waals surface area (Å²) in [6.07, 6.45) is 0.908. The SMILES string of the molecule is CCc1ccccc1NCC(=O)NC(c1ccc(OC)cc1)c1ccc(OC)cc1. The van der Waals surface area contributed by atoms with E-state index in [9.17, 15) is 4.79 Å². The minimum Gasteiger partial charge on any atom is -0.497 e. The largest absolute Gasteiger partial charge is 0.497 e. The number of amides is 1. The number of ether oxygens (including phenoxy) is 2. The Balaban J connectivity index is 1.77. The van der Waals surface area contributed by atoms with Crippen LogP contribution in [0.2, 0.25) is 0 Å². The van der Waals surface area contributed by atoms with E-state index in [0.29, 0.717) is 0 Å². The van der Waals surface area contributed by atoms with E-state index >= 15 is 0 Å². The van der Waals surface area contributed by atoms with Crippen LogP contribution in [-0.2, 0) is 11.2 Å². The fourth-order valence-electron chi connectivity index (χ4n) is 3.34. The van der Waals surface area contributed by atoms with Gasteiger partial charge in [-0.1, -0.05) is 49.4 Å². The van der Waals surface area contributed by atoms with E-state index in [0.717, 1.165) is 34.7 Å². The zero-order valence-electron chi connectivity index (χ0n) is 17.6. The smallest absolute Gasteiger partial charge is 0.240 e. The molecule has 156 valence electrons. The van der Waals surface area contributed by atoms with Gasteiger partial charge in [-0.2, -0.15) is 0 Å². The lowest BCUT2D eigenvalue weighted by atomic mass is 9.98. The van der Waals surface area contributed by atoms with E-state index < -0.39 is 0 Å². The van der Waals surface area contributed by atoms with Gasteiger partial charge >= 0.3 is 0 Å². The molecule has 3 aromatic rings. The van der Waals surface area contributed by atoms with Crippen LogP contribution >= 0.6 is 0 Å². The van der Waals surface area contributed by atoms with Crippen molar-refractivity contribution in [3.05, 3.63) is 89.5 Å². The number of nitrogens with one attached hydrogen (secondary N) is 2. The van der Waals surface area contributed by atoms with Crippen LogP contribution in [0, 0.1) is 0 Å². The van der Waals surface area contributed by atoms with Gasteiger partial charge in [0.05, 0.1) is 26.8 Å². The minimum atomic E-state index is -0.280. The molecule has 2 N–H and O–H groups in total. The molecule has 3 rings (SSSR count). The van der Waals surface area contributed by atoms with E-state index in [1.165, 1.54) is 5.56 Å². The molecule has 0 radical (unpaired) electrons. The highest BCUT2D eigenvalue weighted by atomic mass is 16.5. The topological polar surface area (TPSA) is 59.6 Å². The summed E-state index contributed by atoms with van der Waals surface area (Å²) in [5.74, 6) is 1.46. The Bertz CT molecular complexity index is 905. The summed E-state index contributed by atoms with van der Waals surface area (Å²) in [5.41, 5.74) is 4.12. The highest BCUT2D eigenvalue weighted by Crippen LogP contribution is 2.26. The van der Waals surface area contributed by atoms with Gasteiger partial charge in [0.1, 0.15) is 11.5 Å². The van der Waals surface area contributed by atoms with Gasteiger partial charge in [0, 0.05) is 5.69 Å². The highest BCUT2D eigenvalue weighted by molar-refractivity contribution is 5.81. The maximum Gasteiger partial charge on any atom is 0.240 e. The first-order chi connectivity index (χ1) is 14.6. The number of benzene rings is 3. The quantitative estimate of drug-likeness (QED) is 0.548. The van der Waals surface area contributed by atoms with Gasteiger partial charge in [0.15, 0.2) is 0 Å². The van der Waals surface area contributed by atoms with Crippen LogP contribution in [0.25, 0.3) is 0 Å². The molecule has 0 spiro atoms. The first-order valence-electron chi connectivity index (χ1n) is 10.0. The molecule has 5 nitrogen and oxygen atoms in total. The van der Waals surface area contributed by atoms with Crippen molar-refractivity contribution in [1.29, 1.82) is 0 Å². The molecule has 0 unspecified atom stereocenters. The van der Waals surface area contributed by atoms with Crippen molar-refractivity contribution >= 4 is 11.6 Å². The second kappa shape index (κ2) is 10.3. The van der Waals surface area contributed by atoms with Gasteiger partial charge in [-0.3, -0.25) is 4.79 Å². The van der Waals surface area contributed by atoms with Crippen molar-refractivity contribution in [2.24, 2.45) is 0 Å². The molecule has 0 aliphatic carbocycles. The van der Waals surface area contributed by atoms with Crippen LogP contribution in [0.5, 0.6) is 11.5 Å². The summed E-state index contributed by atoms with van der Waals surface area (Å²) < 4.78 is 10.5. The molecular weight excluding hydrogens is 376 g/mol. The van der Waals surface area contributed by atoms with Crippen LogP contribution in [-0.4, -0.2) is 26.7 Å². The van der Waals surface area contributed by atoms with E-state index in [2.05, 4.69) is 23.6 Å². The number of aryl methyl sites for hydroxylation is 1. The van der Waals surface area contributed by atoms with Crippen molar-refractivity contribution < 1.29 is 14.3 Å². The van der Waals surface area contributed by atoms with E-state index in [4.69, 9.17) is 9.47 Å². The standard InChI is InChI=1S/C25H28N2O3/c1-4-18-7-5-6-8-23(18)26-17-24(28)27-25(19-9-13-21(29-2)14-10-19)20-11-15-22(30-3)16-12-20/h5-16,25-26H,4,17H2,1-3H3,(H,27,28). The number of para-hydroxylation sites is 1. The van der Waals surface area contributed by atoms with Gasteiger partial charge < -0.3 is 20.1 Å². The van der Waals surface area contributed by atoms with Crippen molar-refractivity contribution in [1.82, 2.24) is 5.32 Å². The predicted octanol–water partition coefficient (Wildman–Crippen LogP) is 4.58. The third-order valence-corrected chi connectivity index (χ3v) is 5.04. The number of hydrogen-bond donors (Lipinski definition) is 2. The molecule has 1 amide bonds. The van der Waals surface area contributed by atoms with Crippen LogP contribution in [0.4, 0.5) is 5.69 Å². The Morgan fingerprint density at radius 2 is 1.37 bits per heavy atom. The second-order valence-electron chi connectivity index (χ2n) is 6.91. The average molecular weight is 405 g/mol. The molecular formula is C25H28N2O3. The van der Waals surface area contributed by atoms with Crippen LogP contribution in [0.15, 0.2) is 72.8 Å². The molecule has 0 bridgehead atoms. The summed E-state index contributed by atoms with van der Waals surface area (Å²) in [5, 5.41) is 6.41. The van der Waals surface area contributed by atoms with Crippen molar-refractivity contribution in [2.75, 3.05) is 26.1 Å². The molecule has 0 saturated heterocycles. The third kappa shape index (κ3) is 5.32. The number of carbonyl (C=O) groups excluding carboxylic acids is 1. The lowest BCUT2D eigenvalue weighted by Gasteiger charge is -2.21. The Hall–Kier alpha value is -3.47. The summed E-state index contributed by atoms with van der Waals surface area (Å²) in [6.45, 7) is 2.30. The monoisotopic (exact) mass is 404 g/mol. The number of anilines is 1. The maximum atomic E-state index is 12.8. The van der Waals surface area contributed by atoms with Crippen molar-refractivity contribution in [2.45, 2.75) is 19.4 Å². The van der Waals surface area contributed by atoms with Gasteiger partial charge in [-0.25, -0.2) is 0 Å². The number of carbonyl (C=O) groups is 1. The zero-order chi connectivity index (χ0) is 21.3. The lowest BCUT2D eigenvalue weighted by Crippen LogP contribution is -2.34. The fourth-order valence-corrected chi connectivity index (χ4v) is 3.34. The minimum absolute atomic E-state index is 0.0856. The number of methoxy groups -OCH3 is 2. The maximum absolute atomic E-state index is 12.8. The summed E-state index contributed by atoms with van der Waals surface area (Å²) >= 11 is 0. The molecule has 0 aliphatic rings. The second-order valence-corrected chi connectivity index (χ2v) is 6.91. The van der Waals surface area contributed by atoms with Gasteiger partial charge in [0.25, 0.3) is 0 Å². The zero-order valence-corrected chi connectivity index (χ0v) is 17.6. The fraction of sp³-hybridized carbons (Fsp3) is 0.240. The summed E-state index contributed by atoms with van der Waals surface area (Å²) in [6, 6.07) is 23.2. The first kappa shape index (κ1) is 21.2. The Labute approximate surface area is 178 Å². The molecule has 0 saturated carbocycles. The van der Waals surface area contributed by atoms with Gasteiger partial charge in [-0.15, -0.1) is 0 Å². The van der Waals surface area contributed by atoms with Gasteiger partial charge in [0.2, 0.25) is 5.91 Å². The van der Waals surface area contributed by atoms with E-state index in [-0.39, 0.29) is 18.5 Å². The molecule has 0 aromatic heterocycles. The highest BCUT2D eigenvalue weighted by Gasteiger charge is 2.17. The van der Waals surface area contributed by atoms with Crippen molar-refractivity contribution in [3.8, 4) is 11.5 Å². The number of hydrogen-bond acceptors (Lipinski definition) is 4. The normalized spacial score (nSPS) is 10.5. The van der Waals surface area contributed by atoms with Gasteiger partial charge in [-0.05, 0) is 53.4 Å². The Morgan fingerprint density at radius 3 is 1.87 bits per heavy atom. The van der Waals surface area contributed by atoms with Crippen LogP contribution in [0.1, 0.15) is 29.7 Å². The predicted molar refractivity (Wildman–Crippen MR) is 120 cm³/mol. The van der Waals surface area contributed by atoms with E-state index in [1.54, 1.807) is 14.2 Å². The number of rotatable bonds is 9. The Kier molecular flexibility index (Phi) is 7.33. The van der Waals surface area contributed by atoms with E-state index in [1.807, 2.05) is 66.7 Å². The molecule has 0 fully saturated rings. The summed E-state index contributed by atoms with van der Waals surface area (Å²) in [7, 11) is 3.27. The molecule has 30 heavy (non-hydrogen) atoms.